The van der Waals surface area contributed by atoms with Gasteiger partial charge in [0.05, 0.1) is 12.4 Å². The number of hydrogen-bond acceptors (Lipinski definition) is 3. The molecule has 0 bridgehead atoms. The number of nitrogens with zero attached hydrogens (tertiary/aromatic N) is 3. The van der Waals surface area contributed by atoms with Crippen LogP contribution in [0.2, 0.25) is 36.3 Å². The summed E-state index contributed by atoms with van der Waals surface area (Å²) < 4.78 is 12.6. The lowest BCUT2D eigenvalue weighted by molar-refractivity contribution is 0.214. The Kier molecular flexibility index (Phi) is 8.29. The summed E-state index contributed by atoms with van der Waals surface area (Å²) in [5.74, 6) is 0. The average molecular weight is 372 g/mol. The van der Waals surface area contributed by atoms with Crippen molar-refractivity contribution in [3.05, 3.63) is 22.8 Å². The summed E-state index contributed by atoms with van der Waals surface area (Å²) in [5.41, 5.74) is 8.50. The second kappa shape index (κ2) is 8.56. The van der Waals surface area contributed by atoms with Crippen molar-refractivity contribution >= 4 is 16.6 Å². The summed E-state index contributed by atoms with van der Waals surface area (Å²) in [5, 5.41) is 3.95. The van der Waals surface area contributed by atoms with Crippen LogP contribution in [-0.4, -0.2) is 29.3 Å². The molecule has 0 fully saturated rings. The van der Waals surface area contributed by atoms with Gasteiger partial charge in [-0.3, -0.25) is 0 Å². The lowest BCUT2D eigenvalue weighted by Gasteiger charge is -2.39. The molecule has 1 atom stereocenters. The molecule has 0 aliphatic heterocycles. The number of azide groups is 1. The smallest absolute Gasteiger partial charge is 0.249 e. The van der Waals surface area contributed by atoms with Gasteiger partial charge in [-0.15, -0.1) is 0 Å². The lowest BCUT2D eigenvalue weighted by Crippen LogP contribution is -2.43. The molecular formula is C17H37N3O2Si2. The van der Waals surface area contributed by atoms with Crippen LogP contribution in [0.3, 0.4) is 0 Å². The highest BCUT2D eigenvalue weighted by atomic mass is 28.4. The Bertz CT molecular complexity index is 471. The molecule has 140 valence electrons. The van der Waals surface area contributed by atoms with Crippen molar-refractivity contribution in [2.24, 2.45) is 5.11 Å². The molecule has 24 heavy (non-hydrogen) atoms. The minimum Gasteiger partial charge on any atom is -0.549 e. The first-order chi connectivity index (χ1) is 10.6. The topological polar surface area (TPSA) is 67.2 Å². The van der Waals surface area contributed by atoms with E-state index >= 15 is 0 Å². The Morgan fingerprint density at radius 3 is 1.92 bits per heavy atom. The molecule has 0 aliphatic carbocycles. The van der Waals surface area contributed by atoms with E-state index in [1.165, 1.54) is 0 Å². The monoisotopic (exact) mass is 371 g/mol. The van der Waals surface area contributed by atoms with E-state index in [9.17, 15) is 0 Å². The molecule has 0 N–H and O–H groups in total. The van der Waals surface area contributed by atoms with Gasteiger partial charge in [-0.05, 0) is 54.3 Å². The van der Waals surface area contributed by atoms with Gasteiger partial charge in [0, 0.05) is 11.5 Å². The predicted molar refractivity (Wildman–Crippen MR) is 108 cm³/mol. The van der Waals surface area contributed by atoms with Crippen molar-refractivity contribution in [2.75, 3.05) is 6.54 Å². The summed E-state index contributed by atoms with van der Waals surface area (Å²) in [6, 6.07) is 0. The van der Waals surface area contributed by atoms with Crippen LogP contribution in [0.5, 0.6) is 0 Å². The summed E-state index contributed by atoms with van der Waals surface area (Å²) >= 11 is 0. The second-order valence-corrected chi connectivity index (χ2v) is 18.9. The Morgan fingerprint density at radius 1 is 1.00 bits per heavy atom. The third-order valence-corrected chi connectivity index (χ3v) is 14.1. The van der Waals surface area contributed by atoms with Crippen molar-refractivity contribution in [2.45, 2.75) is 90.3 Å². The van der Waals surface area contributed by atoms with Crippen LogP contribution in [0.15, 0.2) is 17.5 Å². The summed E-state index contributed by atoms with van der Waals surface area (Å²) in [4.78, 5) is 2.84. The Labute approximate surface area is 150 Å². The van der Waals surface area contributed by atoms with Gasteiger partial charge in [0.25, 0.3) is 0 Å². The first-order valence-corrected chi connectivity index (χ1v) is 14.5. The molecule has 0 saturated carbocycles. The fraction of sp³-hybridized carbons (Fsp3) is 0.882. The second-order valence-electron chi connectivity index (χ2n) is 9.37. The van der Waals surface area contributed by atoms with E-state index in [4.69, 9.17) is 14.4 Å². The fourth-order valence-electron chi connectivity index (χ4n) is 1.45. The molecule has 0 saturated heterocycles. The van der Waals surface area contributed by atoms with Crippen molar-refractivity contribution < 1.29 is 8.85 Å². The lowest BCUT2D eigenvalue weighted by atomic mass is 10.2. The van der Waals surface area contributed by atoms with Crippen LogP contribution < -0.4 is 0 Å². The Balaban J connectivity index is 5.09. The molecule has 0 heterocycles. The van der Waals surface area contributed by atoms with Crippen molar-refractivity contribution in [3.63, 3.8) is 0 Å². The molecule has 0 radical (unpaired) electrons. The Hall–Kier alpha value is -0.756. The van der Waals surface area contributed by atoms with Gasteiger partial charge in [-0.25, -0.2) is 0 Å². The molecule has 0 unspecified atom stereocenters. The highest BCUT2D eigenvalue weighted by Crippen LogP contribution is 2.38. The van der Waals surface area contributed by atoms with E-state index in [-0.39, 0.29) is 16.2 Å². The summed E-state index contributed by atoms with van der Waals surface area (Å²) in [7, 11) is -3.71. The third kappa shape index (κ3) is 7.42. The third-order valence-electron chi connectivity index (χ3n) is 5.29. The zero-order chi connectivity index (χ0) is 19.2. The van der Waals surface area contributed by atoms with Gasteiger partial charge in [0.1, 0.15) is 0 Å². The first kappa shape index (κ1) is 23.2. The van der Waals surface area contributed by atoms with Gasteiger partial charge in [-0.2, -0.15) is 0 Å². The maximum atomic E-state index is 8.50. The largest absolute Gasteiger partial charge is 0.549 e. The molecule has 0 spiro atoms. The van der Waals surface area contributed by atoms with Crippen LogP contribution in [0.25, 0.3) is 10.4 Å². The van der Waals surface area contributed by atoms with Gasteiger partial charge in [0.2, 0.25) is 8.32 Å². The normalized spacial score (nSPS) is 15.2. The van der Waals surface area contributed by atoms with Crippen LogP contribution in [0, 0.1) is 0 Å². The van der Waals surface area contributed by atoms with Gasteiger partial charge in [-0.1, -0.05) is 46.7 Å². The van der Waals surface area contributed by atoms with Gasteiger partial charge >= 0.3 is 0 Å². The number of rotatable bonds is 8. The molecule has 0 aromatic rings. The van der Waals surface area contributed by atoms with Crippen LogP contribution >= 0.6 is 0 Å². The molecule has 0 aliphatic rings. The maximum Gasteiger partial charge on any atom is 0.249 e. The van der Waals surface area contributed by atoms with Crippen molar-refractivity contribution in [1.82, 2.24) is 0 Å². The quantitative estimate of drug-likeness (QED) is 0.158. The first-order valence-electron chi connectivity index (χ1n) is 8.67. The van der Waals surface area contributed by atoms with Crippen LogP contribution in [-0.2, 0) is 8.85 Å². The van der Waals surface area contributed by atoms with Crippen molar-refractivity contribution in [3.8, 4) is 0 Å². The zero-order valence-electron chi connectivity index (χ0n) is 17.3. The van der Waals surface area contributed by atoms with E-state index in [0.717, 1.165) is 0 Å². The highest BCUT2D eigenvalue weighted by molar-refractivity contribution is 6.74. The van der Waals surface area contributed by atoms with E-state index in [0.29, 0.717) is 13.0 Å². The van der Waals surface area contributed by atoms with E-state index in [2.05, 4.69) is 77.8 Å². The average Bonchev–Trinajstić information content (AvgIpc) is 2.35. The zero-order valence-corrected chi connectivity index (χ0v) is 19.3. The summed E-state index contributed by atoms with van der Waals surface area (Å²) in [6.07, 6.45) is 4.40. The highest BCUT2D eigenvalue weighted by Gasteiger charge is 2.39. The van der Waals surface area contributed by atoms with Gasteiger partial charge < -0.3 is 8.85 Å². The predicted octanol–water partition coefficient (Wildman–Crippen LogP) is 6.61. The molecular weight excluding hydrogens is 334 g/mol. The molecule has 0 aromatic carbocycles. The standard InChI is InChI=1S/C17H37N3O2Si2/c1-16(2,3)23(7,8)21-14-12-15(11-13-19-20-18)22-24(9,10)17(4,5)6/h12,14-15H,11,13H2,1-10H3/b14-12+/t15-/m0/s1. The fourth-order valence-corrected chi connectivity index (χ4v) is 3.53. The van der Waals surface area contributed by atoms with Crippen LogP contribution in [0.1, 0.15) is 48.0 Å². The minimum absolute atomic E-state index is 0.0823. The molecule has 7 heteroatoms. The van der Waals surface area contributed by atoms with E-state index < -0.39 is 16.6 Å². The SMILES string of the molecule is CC(C)(C)[Si](C)(C)O/C=C/[C@H](CCN=[N+]=[N-])O[Si](C)(C)C(C)(C)C. The number of hydrogen-bond donors (Lipinski definition) is 0. The molecule has 0 aromatic heterocycles. The minimum atomic E-state index is -1.89. The van der Waals surface area contributed by atoms with Crippen LogP contribution in [0.4, 0.5) is 0 Å². The van der Waals surface area contributed by atoms with E-state index in [1.807, 2.05) is 12.3 Å². The molecule has 0 amide bonds. The Morgan fingerprint density at radius 2 is 1.50 bits per heavy atom. The maximum absolute atomic E-state index is 8.50. The van der Waals surface area contributed by atoms with E-state index in [1.54, 1.807) is 0 Å². The molecule has 0 rings (SSSR count). The molecule has 5 nitrogen and oxygen atoms in total. The van der Waals surface area contributed by atoms with Gasteiger partial charge in [0.15, 0.2) is 8.32 Å². The van der Waals surface area contributed by atoms with Crippen molar-refractivity contribution in [1.29, 1.82) is 0 Å². The summed E-state index contributed by atoms with van der Waals surface area (Å²) in [6.45, 7) is 22.7.